The van der Waals surface area contributed by atoms with Crippen molar-refractivity contribution in [2.45, 2.75) is 206 Å². The van der Waals surface area contributed by atoms with Crippen LogP contribution < -0.4 is 10.2 Å². The molecule has 0 heterocycles. The van der Waals surface area contributed by atoms with Gasteiger partial charge in [-0.3, -0.25) is 9.36 Å². The van der Waals surface area contributed by atoms with Gasteiger partial charge in [0.15, 0.2) is 0 Å². The topological polar surface area (TPSA) is 108 Å². The number of hydrogen-bond acceptors (Lipinski definition) is 6. The monoisotopic (exact) mass is 783 g/mol. The molecule has 3 unspecified atom stereocenters. The third-order valence-electron chi connectivity index (χ3n) is 9.84. The summed E-state index contributed by atoms with van der Waals surface area (Å²) in [6.45, 7) is 4.60. The number of unbranched alkanes of at least 4 members (excludes halogenated alkanes) is 23. The van der Waals surface area contributed by atoms with Crippen molar-refractivity contribution in [3.05, 3.63) is 36.5 Å². The number of nitrogens with zero attached hydrogens (tertiary/aromatic N) is 1. The van der Waals surface area contributed by atoms with Gasteiger partial charge >= 0.3 is 0 Å². The fourth-order valence-electron chi connectivity index (χ4n) is 6.24. The minimum atomic E-state index is -4.58. The third kappa shape index (κ3) is 39.0. The predicted octanol–water partition coefficient (Wildman–Crippen LogP) is 11.7. The Morgan fingerprint density at radius 3 is 1.54 bits per heavy atom. The molecule has 318 valence electrons. The number of nitrogens with one attached hydrogen (secondary N) is 1. The maximum atomic E-state index is 12.8. The lowest BCUT2D eigenvalue weighted by molar-refractivity contribution is -0.870. The van der Waals surface area contributed by atoms with Crippen molar-refractivity contribution < 1.29 is 32.9 Å². The molecule has 0 aromatic carbocycles. The first kappa shape index (κ1) is 52.7. The van der Waals surface area contributed by atoms with E-state index in [1.165, 1.54) is 122 Å². The van der Waals surface area contributed by atoms with E-state index in [1.54, 1.807) is 6.08 Å². The zero-order valence-corrected chi connectivity index (χ0v) is 36.8. The normalized spacial score (nSPS) is 14.7. The van der Waals surface area contributed by atoms with Gasteiger partial charge in [0.05, 0.1) is 39.9 Å². The lowest BCUT2D eigenvalue weighted by Gasteiger charge is -2.29. The van der Waals surface area contributed by atoms with Gasteiger partial charge in [0.1, 0.15) is 13.2 Å². The Bertz CT molecular complexity index is 980. The van der Waals surface area contributed by atoms with E-state index < -0.39 is 20.0 Å². The Kier molecular flexibility index (Phi) is 36.4. The smallest absolute Gasteiger partial charge is 0.268 e. The fraction of sp³-hybridized carbons (Fsp3) is 0.844. The first-order valence-corrected chi connectivity index (χ1v) is 23.8. The summed E-state index contributed by atoms with van der Waals surface area (Å²) in [5.74, 6) is -0.208. The summed E-state index contributed by atoms with van der Waals surface area (Å²) in [7, 11) is 1.25. The molecule has 0 radical (unpaired) electrons. The van der Waals surface area contributed by atoms with Crippen LogP contribution in [0.3, 0.4) is 0 Å². The van der Waals surface area contributed by atoms with Crippen LogP contribution in [0.25, 0.3) is 0 Å². The lowest BCUT2D eigenvalue weighted by Crippen LogP contribution is -2.45. The number of phosphoric ester groups is 1. The van der Waals surface area contributed by atoms with E-state index in [4.69, 9.17) is 9.05 Å². The molecule has 0 aliphatic rings. The standard InChI is InChI=1S/C45H87N2O6P/c1-6-8-10-12-14-16-17-18-19-20-21-22-23-24-25-26-27-28-29-31-33-35-37-39-45(49)46-43(42-53-54(50,51)52-41-40-47(3,4)5)44(48)38-36-34-32-30-15-13-11-9-7-2/h21-22,24-25,36,38,43-44,48H,6-20,23,26-35,37,39-42H2,1-5H3,(H-,46,49,50,51)/b22-21-,25-24-,38-36+. The summed E-state index contributed by atoms with van der Waals surface area (Å²) in [5.41, 5.74) is 0. The van der Waals surface area contributed by atoms with E-state index in [0.717, 1.165) is 51.4 Å². The molecule has 9 heteroatoms. The second kappa shape index (κ2) is 37.3. The number of allylic oxidation sites excluding steroid dienone is 5. The number of likely N-dealkylation sites (N-methyl/N-ethyl adjacent to an activating group) is 1. The van der Waals surface area contributed by atoms with Crippen molar-refractivity contribution in [2.24, 2.45) is 0 Å². The highest BCUT2D eigenvalue weighted by molar-refractivity contribution is 7.45. The second-order valence-corrected chi connectivity index (χ2v) is 17.8. The molecule has 0 rings (SSSR count). The van der Waals surface area contributed by atoms with Crippen LogP contribution in [0, 0.1) is 0 Å². The van der Waals surface area contributed by atoms with Gasteiger partial charge in [-0.1, -0.05) is 172 Å². The highest BCUT2D eigenvalue weighted by atomic mass is 31.2. The second-order valence-electron chi connectivity index (χ2n) is 16.4. The molecule has 0 saturated carbocycles. The van der Waals surface area contributed by atoms with Crippen LogP contribution in [-0.4, -0.2) is 68.5 Å². The minimum absolute atomic E-state index is 0.00337. The Balaban J connectivity index is 4.25. The van der Waals surface area contributed by atoms with Crippen molar-refractivity contribution in [1.29, 1.82) is 0 Å². The van der Waals surface area contributed by atoms with E-state index in [1.807, 2.05) is 27.2 Å². The maximum Gasteiger partial charge on any atom is 0.268 e. The number of quaternary nitrogens is 1. The number of aliphatic hydroxyl groups is 1. The summed E-state index contributed by atoms with van der Waals surface area (Å²) in [5, 5.41) is 13.7. The zero-order valence-electron chi connectivity index (χ0n) is 35.9. The number of rotatable bonds is 40. The SMILES string of the molecule is CCCCCCCCC/C=C/C(O)C(COP(=O)([O-])OCC[N+](C)(C)C)NC(=O)CCCCCCCCC/C=C\C/C=C\CCCCCCCCCCC. The highest BCUT2D eigenvalue weighted by Crippen LogP contribution is 2.38. The Morgan fingerprint density at radius 1 is 0.648 bits per heavy atom. The van der Waals surface area contributed by atoms with Gasteiger partial charge in [-0.2, -0.15) is 0 Å². The number of phosphoric acid groups is 1. The van der Waals surface area contributed by atoms with Crippen molar-refractivity contribution in [1.82, 2.24) is 5.32 Å². The first-order chi connectivity index (χ1) is 26.0. The molecule has 0 aliphatic carbocycles. The van der Waals surface area contributed by atoms with Gasteiger partial charge in [-0.25, -0.2) is 0 Å². The van der Waals surface area contributed by atoms with Gasteiger partial charge in [0.25, 0.3) is 7.82 Å². The summed E-state index contributed by atoms with van der Waals surface area (Å²) in [4.78, 5) is 25.2. The maximum absolute atomic E-state index is 12.8. The van der Waals surface area contributed by atoms with Gasteiger partial charge in [-0.15, -0.1) is 0 Å². The van der Waals surface area contributed by atoms with Crippen LogP contribution in [0.2, 0.25) is 0 Å². The Labute approximate surface area is 334 Å². The molecule has 0 fully saturated rings. The van der Waals surface area contributed by atoms with Crippen molar-refractivity contribution >= 4 is 13.7 Å². The van der Waals surface area contributed by atoms with E-state index in [9.17, 15) is 19.4 Å². The van der Waals surface area contributed by atoms with E-state index in [-0.39, 0.29) is 19.1 Å². The van der Waals surface area contributed by atoms with E-state index in [2.05, 4.69) is 43.5 Å². The average molecular weight is 783 g/mol. The molecule has 8 nitrogen and oxygen atoms in total. The average Bonchev–Trinajstić information content (AvgIpc) is 3.12. The highest BCUT2D eigenvalue weighted by Gasteiger charge is 2.23. The Morgan fingerprint density at radius 2 is 1.07 bits per heavy atom. The quantitative estimate of drug-likeness (QED) is 0.0277. The molecule has 0 bridgehead atoms. The summed E-state index contributed by atoms with van der Waals surface area (Å²) in [6, 6.07) is -0.887. The van der Waals surface area contributed by atoms with Crippen LogP contribution in [0.1, 0.15) is 194 Å². The zero-order chi connectivity index (χ0) is 40.0. The molecule has 0 spiro atoms. The van der Waals surface area contributed by atoms with Gasteiger partial charge in [0.2, 0.25) is 5.91 Å². The lowest BCUT2D eigenvalue weighted by atomic mass is 10.1. The third-order valence-corrected chi connectivity index (χ3v) is 10.8. The van der Waals surface area contributed by atoms with Crippen molar-refractivity contribution in [3.63, 3.8) is 0 Å². The van der Waals surface area contributed by atoms with Gasteiger partial charge in [-0.05, 0) is 51.4 Å². The van der Waals surface area contributed by atoms with Crippen molar-refractivity contribution in [2.75, 3.05) is 40.9 Å². The molecular weight excluding hydrogens is 695 g/mol. The molecule has 3 atom stereocenters. The molecule has 54 heavy (non-hydrogen) atoms. The molecule has 0 saturated heterocycles. The summed E-state index contributed by atoms with van der Waals surface area (Å²) >= 11 is 0. The summed E-state index contributed by atoms with van der Waals surface area (Å²) in [6.07, 6.45) is 44.9. The van der Waals surface area contributed by atoms with Crippen molar-refractivity contribution in [3.8, 4) is 0 Å². The van der Waals surface area contributed by atoms with Gasteiger partial charge in [0, 0.05) is 6.42 Å². The Hall–Kier alpha value is -1.28. The molecule has 0 aromatic heterocycles. The number of hydrogen-bond donors (Lipinski definition) is 2. The number of carbonyl (C=O) groups is 1. The molecular formula is C45H87N2O6P. The van der Waals surface area contributed by atoms with E-state index in [0.29, 0.717) is 17.4 Å². The summed E-state index contributed by atoms with van der Waals surface area (Å²) < 4.78 is 23.1. The van der Waals surface area contributed by atoms with Gasteiger partial charge < -0.3 is 28.8 Å². The molecule has 2 N–H and O–H groups in total. The molecule has 0 aromatic rings. The predicted molar refractivity (Wildman–Crippen MR) is 228 cm³/mol. The van der Waals surface area contributed by atoms with E-state index >= 15 is 0 Å². The largest absolute Gasteiger partial charge is 0.756 e. The fourth-order valence-corrected chi connectivity index (χ4v) is 6.96. The van der Waals surface area contributed by atoms with Crippen LogP contribution >= 0.6 is 7.82 Å². The van der Waals surface area contributed by atoms with Crippen LogP contribution in [0.5, 0.6) is 0 Å². The number of carbonyl (C=O) groups excluding carboxylic acids is 1. The number of amides is 1. The van der Waals surface area contributed by atoms with Crippen LogP contribution in [0.4, 0.5) is 0 Å². The van der Waals surface area contributed by atoms with Crippen LogP contribution in [-0.2, 0) is 18.4 Å². The first-order valence-electron chi connectivity index (χ1n) is 22.4. The van der Waals surface area contributed by atoms with Crippen LogP contribution in [0.15, 0.2) is 36.5 Å². The minimum Gasteiger partial charge on any atom is -0.756 e. The molecule has 0 aliphatic heterocycles. The number of aliphatic hydroxyl groups excluding tert-OH is 1. The molecule has 1 amide bonds.